The summed E-state index contributed by atoms with van der Waals surface area (Å²) < 4.78 is 48.8. The standard InChI is InChI=1S/C35H29FN2O7S/c1-40-27-10-18(11-28(41-2)33(27)42-3)30-21-13-25-26(45-16-44-25)14-22(21)32(23-15-43-35(39)31(23)30)37-20-7-4-17(5-8-20)34-38-24-9-6-19(36)12-29(24)46-34/h4-14,23,30-32,37H,15-16H2,1-3H3/t23-,30+,31-,32+/m0/s1. The first kappa shape index (κ1) is 28.4. The number of fused-ring (bicyclic) bond motifs is 4. The fourth-order valence-corrected chi connectivity index (χ4v) is 7.94. The molecule has 0 radical (unpaired) electrons. The van der Waals surface area contributed by atoms with Crippen molar-refractivity contribution in [1.82, 2.24) is 4.98 Å². The fourth-order valence-electron chi connectivity index (χ4n) is 6.94. The average Bonchev–Trinajstić information content (AvgIpc) is 3.82. The van der Waals surface area contributed by atoms with Crippen molar-refractivity contribution in [2.45, 2.75) is 12.0 Å². The minimum absolute atomic E-state index is 0.125. The van der Waals surface area contributed by atoms with Gasteiger partial charge < -0.3 is 33.7 Å². The number of halogens is 1. The second-order valence-corrected chi connectivity index (χ2v) is 12.5. The van der Waals surface area contributed by atoms with E-state index in [1.165, 1.54) is 23.5 Å². The summed E-state index contributed by atoms with van der Waals surface area (Å²) in [5, 5.41) is 4.51. The maximum atomic E-state index is 13.7. The predicted octanol–water partition coefficient (Wildman–Crippen LogP) is 6.94. The lowest BCUT2D eigenvalue weighted by molar-refractivity contribution is -0.141. The van der Waals surface area contributed by atoms with Crippen LogP contribution in [0.4, 0.5) is 10.1 Å². The van der Waals surface area contributed by atoms with Gasteiger partial charge in [0.05, 0.1) is 50.1 Å². The van der Waals surface area contributed by atoms with Gasteiger partial charge in [0.25, 0.3) is 0 Å². The number of cyclic esters (lactones) is 1. The van der Waals surface area contributed by atoms with Crippen LogP contribution >= 0.6 is 11.3 Å². The van der Waals surface area contributed by atoms with Gasteiger partial charge in [0.1, 0.15) is 10.8 Å². The molecule has 1 aromatic heterocycles. The first-order valence-corrected chi connectivity index (χ1v) is 15.6. The molecule has 46 heavy (non-hydrogen) atoms. The molecule has 4 aromatic carbocycles. The van der Waals surface area contributed by atoms with E-state index in [0.29, 0.717) is 28.7 Å². The summed E-state index contributed by atoms with van der Waals surface area (Å²) in [6, 6.07) is 20.1. The van der Waals surface area contributed by atoms with Crippen LogP contribution in [0, 0.1) is 17.7 Å². The van der Waals surface area contributed by atoms with Crippen molar-refractivity contribution in [1.29, 1.82) is 0 Å². The third-order valence-corrected chi connectivity index (χ3v) is 10.1. The van der Waals surface area contributed by atoms with Crippen molar-refractivity contribution >= 4 is 33.2 Å². The molecule has 1 N–H and O–H groups in total. The predicted molar refractivity (Wildman–Crippen MR) is 170 cm³/mol. The highest BCUT2D eigenvalue weighted by molar-refractivity contribution is 7.21. The van der Waals surface area contributed by atoms with Gasteiger partial charge in [0.2, 0.25) is 12.5 Å². The van der Waals surface area contributed by atoms with Gasteiger partial charge in [-0.3, -0.25) is 4.79 Å². The fraction of sp³-hybridized carbons (Fsp3) is 0.257. The second kappa shape index (κ2) is 11.1. The number of anilines is 1. The van der Waals surface area contributed by atoms with E-state index < -0.39 is 5.92 Å². The van der Waals surface area contributed by atoms with E-state index in [2.05, 4.69) is 10.3 Å². The number of esters is 1. The molecule has 8 rings (SSSR count). The quantitative estimate of drug-likeness (QED) is 0.190. The van der Waals surface area contributed by atoms with Gasteiger partial charge in [-0.2, -0.15) is 0 Å². The number of aromatic nitrogens is 1. The maximum Gasteiger partial charge on any atom is 0.310 e. The summed E-state index contributed by atoms with van der Waals surface area (Å²) in [4.78, 5) is 18.2. The molecule has 11 heteroatoms. The van der Waals surface area contributed by atoms with E-state index in [-0.39, 0.29) is 43.1 Å². The third kappa shape index (κ3) is 4.56. The number of methoxy groups -OCH3 is 3. The molecule has 1 aliphatic carbocycles. The number of ether oxygens (including phenoxy) is 6. The molecule has 0 amide bonds. The Hall–Kier alpha value is -5.03. The summed E-state index contributed by atoms with van der Waals surface area (Å²) >= 11 is 1.45. The van der Waals surface area contributed by atoms with Gasteiger partial charge in [0.15, 0.2) is 23.0 Å². The number of rotatable bonds is 7. The molecule has 1 saturated heterocycles. The number of hydrogen-bond donors (Lipinski definition) is 1. The normalized spacial score (nSPS) is 21.0. The summed E-state index contributed by atoms with van der Waals surface area (Å²) in [6.07, 6.45) is 0. The molecular formula is C35H29FN2O7S. The SMILES string of the molecule is COc1cc([C@@H]2c3cc4c(cc3[C@@H](Nc3ccc(-c5nc6ccc(F)cc6s5)cc3)[C@H]3COC(=O)[C@H]23)OCO4)cc(OC)c1OC. The number of carbonyl (C=O) groups is 1. The monoisotopic (exact) mass is 640 g/mol. The minimum Gasteiger partial charge on any atom is -0.493 e. The molecule has 0 bridgehead atoms. The van der Waals surface area contributed by atoms with Gasteiger partial charge in [-0.1, -0.05) is 0 Å². The Balaban J connectivity index is 1.20. The summed E-state index contributed by atoms with van der Waals surface area (Å²) in [5.41, 5.74) is 5.31. The van der Waals surface area contributed by atoms with E-state index in [4.69, 9.17) is 28.4 Å². The lowest BCUT2D eigenvalue weighted by Crippen LogP contribution is -2.37. The number of nitrogens with zero attached hydrogens (tertiary/aromatic N) is 1. The van der Waals surface area contributed by atoms with Gasteiger partial charge in [-0.15, -0.1) is 11.3 Å². The Morgan fingerprint density at radius 2 is 1.59 bits per heavy atom. The molecule has 3 aliphatic rings. The molecule has 0 spiro atoms. The van der Waals surface area contributed by atoms with E-state index in [0.717, 1.165) is 43.2 Å². The number of nitrogens with one attached hydrogen (secondary N) is 1. The zero-order valence-corrected chi connectivity index (χ0v) is 26.0. The molecule has 5 aromatic rings. The Morgan fingerprint density at radius 3 is 2.28 bits per heavy atom. The van der Waals surface area contributed by atoms with Crippen LogP contribution in [0.3, 0.4) is 0 Å². The number of hydrogen-bond acceptors (Lipinski definition) is 10. The van der Waals surface area contributed by atoms with Crippen molar-refractivity contribution in [3.8, 4) is 39.3 Å². The highest BCUT2D eigenvalue weighted by Gasteiger charge is 2.52. The van der Waals surface area contributed by atoms with Crippen LogP contribution in [0.5, 0.6) is 28.7 Å². The van der Waals surface area contributed by atoms with Crippen LogP contribution in [-0.2, 0) is 9.53 Å². The zero-order valence-electron chi connectivity index (χ0n) is 25.2. The molecule has 2 aliphatic heterocycles. The summed E-state index contributed by atoms with van der Waals surface area (Å²) in [6.45, 7) is 0.385. The van der Waals surface area contributed by atoms with Crippen LogP contribution in [0.2, 0.25) is 0 Å². The average molecular weight is 641 g/mol. The summed E-state index contributed by atoms with van der Waals surface area (Å²) in [5.74, 6) is 1.16. The van der Waals surface area contributed by atoms with E-state index >= 15 is 0 Å². The Bertz CT molecular complexity index is 1970. The Kier molecular flexibility index (Phi) is 6.86. The molecule has 0 saturated carbocycles. The molecule has 9 nitrogen and oxygen atoms in total. The van der Waals surface area contributed by atoms with Crippen molar-refractivity contribution in [3.05, 3.63) is 89.2 Å². The van der Waals surface area contributed by atoms with E-state index in [9.17, 15) is 9.18 Å². The number of benzene rings is 4. The van der Waals surface area contributed by atoms with Crippen molar-refractivity contribution in [3.63, 3.8) is 0 Å². The Morgan fingerprint density at radius 1 is 0.870 bits per heavy atom. The van der Waals surface area contributed by atoms with Gasteiger partial charge in [-0.25, -0.2) is 9.37 Å². The van der Waals surface area contributed by atoms with E-state index in [1.54, 1.807) is 27.4 Å². The topological polar surface area (TPSA) is 97.4 Å². The zero-order chi connectivity index (χ0) is 31.5. The lowest BCUT2D eigenvalue weighted by Gasteiger charge is -2.40. The molecule has 1 fully saturated rings. The highest BCUT2D eigenvalue weighted by Crippen LogP contribution is 2.56. The van der Waals surface area contributed by atoms with Crippen molar-refractivity contribution in [2.75, 3.05) is 40.0 Å². The largest absolute Gasteiger partial charge is 0.493 e. The van der Waals surface area contributed by atoms with Crippen molar-refractivity contribution in [2.24, 2.45) is 11.8 Å². The number of thiazole rings is 1. The lowest BCUT2D eigenvalue weighted by atomic mass is 9.65. The maximum absolute atomic E-state index is 13.7. The molecule has 234 valence electrons. The molecular weight excluding hydrogens is 611 g/mol. The van der Waals surface area contributed by atoms with E-state index in [1.807, 2.05) is 48.5 Å². The first-order chi connectivity index (χ1) is 22.4. The minimum atomic E-state index is -0.490. The van der Waals surface area contributed by atoms with Crippen LogP contribution in [0.1, 0.15) is 28.7 Å². The van der Waals surface area contributed by atoms with Crippen LogP contribution < -0.4 is 29.0 Å². The third-order valence-electron chi connectivity index (χ3n) is 9.04. The van der Waals surface area contributed by atoms with Crippen molar-refractivity contribution < 1.29 is 37.6 Å². The van der Waals surface area contributed by atoms with Crippen LogP contribution in [-0.4, -0.2) is 45.7 Å². The molecule has 0 unspecified atom stereocenters. The highest BCUT2D eigenvalue weighted by atomic mass is 32.1. The van der Waals surface area contributed by atoms with Gasteiger partial charge in [-0.05, 0) is 83.4 Å². The smallest absolute Gasteiger partial charge is 0.310 e. The molecule has 4 atom stereocenters. The first-order valence-electron chi connectivity index (χ1n) is 14.8. The van der Waals surface area contributed by atoms with Gasteiger partial charge >= 0.3 is 5.97 Å². The van der Waals surface area contributed by atoms with Gasteiger partial charge in [0, 0.05) is 23.1 Å². The van der Waals surface area contributed by atoms with Crippen LogP contribution in [0.25, 0.3) is 20.8 Å². The molecule has 3 heterocycles. The second-order valence-electron chi connectivity index (χ2n) is 11.4. The number of carbonyl (C=O) groups excluding carboxylic acids is 1. The van der Waals surface area contributed by atoms with Crippen LogP contribution in [0.15, 0.2) is 66.7 Å². The Labute approximate surface area is 267 Å². The summed E-state index contributed by atoms with van der Waals surface area (Å²) in [7, 11) is 4.70.